The third-order valence-corrected chi connectivity index (χ3v) is 4.42. The first-order chi connectivity index (χ1) is 7.73. The van der Waals surface area contributed by atoms with Crippen molar-refractivity contribution in [1.82, 2.24) is 0 Å². The molecule has 1 aromatic carbocycles. The SMILES string of the molecule is NCc1ccccc1CC1(F)CCCSC1. The molecule has 1 atom stereocenters. The molecule has 88 valence electrons. The third kappa shape index (κ3) is 2.77. The van der Waals surface area contributed by atoms with Crippen molar-refractivity contribution in [3.63, 3.8) is 0 Å². The molecule has 1 nitrogen and oxygen atoms in total. The van der Waals surface area contributed by atoms with Gasteiger partial charge in [-0.1, -0.05) is 24.3 Å². The molecular weight excluding hydrogens is 221 g/mol. The smallest absolute Gasteiger partial charge is 0.124 e. The van der Waals surface area contributed by atoms with Gasteiger partial charge < -0.3 is 5.73 Å². The molecule has 0 spiro atoms. The van der Waals surface area contributed by atoms with E-state index in [1.165, 1.54) is 0 Å². The summed E-state index contributed by atoms with van der Waals surface area (Å²) in [6.07, 6.45) is 2.21. The van der Waals surface area contributed by atoms with Gasteiger partial charge in [-0.15, -0.1) is 0 Å². The van der Waals surface area contributed by atoms with Crippen molar-refractivity contribution in [1.29, 1.82) is 0 Å². The first-order valence-corrected chi connectivity index (χ1v) is 6.92. The first kappa shape index (κ1) is 11.9. The van der Waals surface area contributed by atoms with Crippen LogP contribution in [0.4, 0.5) is 4.39 Å². The van der Waals surface area contributed by atoms with E-state index in [1.807, 2.05) is 24.3 Å². The van der Waals surface area contributed by atoms with Crippen LogP contribution in [0.25, 0.3) is 0 Å². The Morgan fingerprint density at radius 1 is 1.31 bits per heavy atom. The molecule has 1 aliphatic rings. The fraction of sp³-hybridized carbons (Fsp3) is 0.538. The summed E-state index contributed by atoms with van der Waals surface area (Å²) in [7, 11) is 0. The van der Waals surface area contributed by atoms with Crippen molar-refractivity contribution in [3.05, 3.63) is 35.4 Å². The molecule has 0 aliphatic carbocycles. The summed E-state index contributed by atoms with van der Waals surface area (Å²) >= 11 is 1.73. The Hall–Kier alpha value is -0.540. The fourth-order valence-corrected chi connectivity index (χ4v) is 3.33. The van der Waals surface area contributed by atoms with E-state index in [4.69, 9.17) is 5.73 Å². The van der Waals surface area contributed by atoms with Gasteiger partial charge in [-0.05, 0) is 29.7 Å². The van der Waals surface area contributed by atoms with Crippen molar-refractivity contribution in [2.24, 2.45) is 5.73 Å². The maximum absolute atomic E-state index is 14.5. The monoisotopic (exact) mass is 239 g/mol. The Morgan fingerprint density at radius 2 is 2.06 bits per heavy atom. The number of thioether (sulfide) groups is 1. The van der Waals surface area contributed by atoms with Gasteiger partial charge in [-0.3, -0.25) is 0 Å². The molecule has 0 aromatic heterocycles. The molecule has 0 saturated carbocycles. The van der Waals surface area contributed by atoms with Crippen LogP contribution in [0.5, 0.6) is 0 Å². The molecule has 1 heterocycles. The van der Waals surface area contributed by atoms with Crippen LogP contribution in [0.2, 0.25) is 0 Å². The highest BCUT2D eigenvalue weighted by Crippen LogP contribution is 2.33. The Balaban J connectivity index is 2.12. The van der Waals surface area contributed by atoms with E-state index in [-0.39, 0.29) is 0 Å². The zero-order valence-corrected chi connectivity index (χ0v) is 10.2. The molecule has 0 radical (unpaired) electrons. The average Bonchev–Trinajstić information content (AvgIpc) is 2.30. The minimum absolute atomic E-state index is 0.499. The Bertz CT molecular complexity index is 348. The fourth-order valence-electron chi connectivity index (χ4n) is 2.23. The van der Waals surface area contributed by atoms with E-state index >= 15 is 0 Å². The minimum atomic E-state index is -1.02. The standard InChI is InChI=1S/C13H18FNS/c14-13(6-3-7-16-10-13)8-11-4-1-2-5-12(11)9-15/h1-2,4-5H,3,6-10,15H2. The van der Waals surface area contributed by atoms with Crippen LogP contribution < -0.4 is 5.73 Å². The maximum Gasteiger partial charge on any atom is 0.124 e. The first-order valence-electron chi connectivity index (χ1n) is 5.77. The molecular formula is C13H18FNS. The lowest BCUT2D eigenvalue weighted by atomic mass is 9.91. The molecule has 16 heavy (non-hydrogen) atoms. The summed E-state index contributed by atoms with van der Waals surface area (Å²) in [6.45, 7) is 0.499. The number of alkyl halides is 1. The van der Waals surface area contributed by atoms with Gasteiger partial charge in [0.15, 0.2) is 0 Å². The predicted molar refractivity (Wildman–Crippen MR) is 68.4 cm³/mol. The van der Waals surface area contributed by atoms with Gasteiger partial charge in [0.1, 0.15) is 5.67 Å². The quantitative estimate of drug-likeness (QED) is 0.877. The molecule has 1 unspecified atom stereocenters. The third-order valence-electron chi connectivity index (χ3n) is 3.12. The number of nitrogens with two attached hydrogens (primary N) is 1. The number of hydrogen-bond donors (Lipinski definition) is 1. The van der Waals surface area contributed by atoms with E-state index < -0.39 is 5.67 Å². The minimum Gasteiger partial charge on any atom is -0.326 e. The van der Waals surface area contributed by atoms with Crippen LogP contribution >= 0.6 is 11.8 Å². The molecule has 1 aromatic rings. The Kier molecular flexibility index (Phi) is 3.87. The van der Waals surface area contributed by atoms with E-state index in [9.17, 15) is 4.39 Å². The summed E-state index contributed by atoms with van der Waals surface area (Å²) in [5.41, 5.74) is 6.81. The summed E-state index contributed by atoms with van der Waals surface area (Å²) < 4.78 is 14.5. The number of benzene rings is 1. The second-order valence-corrected chi connectivity index (χ2v) is 5.56. The summed E-state index contributed by atoms with van der Waals surface area (Å²) in [6, 6.07) is 7.93. The molecule has 3 heteroatoms. The highest BCUT2D eigenvalue weighted by molar-refractivity contribution is 7.99. The van der Waals surface area contributed by atoms with Gasteiger partial charge in [-0.25, -0.2) is 4.39 Å². The normalized spacial score (nSPS) is 25.6. The lowest BCUT2D eigenvalue weighted by molar-refractivity contribution is 0.175. The van der Waals surface area contributed by atoms with Gasteiger partial charge >= 0.3 is 0 Å². The molecule has 1 aliphatic heterocycles. The molecule has 1 fully saturated rings. The van der Waals surface area contributed by atoms with Crippen molar-refractivity contribution in [2.45, 2.75) is 31.5 Å². The second kappa shape index (κ2) is 5.19. The average molecular weight is 239 g/mol. The van der Waals surface area contributed by atoms with Gasteiger partial charge in [0.25, 0.3) is 0 Å². The van der Waals surface area contributed by atoms with Crippen LogP contribution in [-0.2, 0) is 13.0 Å². The predicted octanol–water partition coefficient (Wildman–Crippen LogP) is 2.92. The zero-order valence-electron chi connectivity index (χ0n) is 9.42. The van der Waals surface area contributed by atoms with Gasteiger partial charge in [0.05, 0.1) is 0 Å². The van der Waals surface area contributed by atoms with Crippen LogP contribution in [0.1, 0.15) is 24.0 Å². The Labute approximate surface area is 101 Å². The van der Waals surface area contributed by atoms with E-state index in [0.717, 1.165) is 23.3 Å². The molecule has 0 bridgehead atoms. The summed E-state index contributed by atoms with van der Waals surface area (Å²) in [5, 5.41) is 0. The number of hydrogen-bond acceptors (Lipinski definition) is 2. The molecule has 2 rings (SSSR count). The van der Waals surface area contributed by atoms with Crippen LogP contribution in [-0.4, -0.2) is 17.2 Å². The van der Waals surface area contributed by atoms with Crippen molar-refractivity contribution >= 4 is 11.8 Å². The van der Waals surface area contributed by atoms with Crippen LogP contribution in [0.3, 0.4) is 0 Å². The second-order valence-electron chi connectivity index (χ2n) is 4.46. The largest absolute Gasteiger partial charge is 0.326 e. The van der Waals surface area contributed by atoms with Crippen LogP contribution in [0, 0.1) is 0 Å². The lowest BCUT2D eigenvalue weighted by Crippen LogP contribution is -2.32. The zero-order chi connectivity index (χ0) is 11.4. The van der Waals surface area contributed by atoms with Crippen molar-refractivity contribution in [2.75, 3.05) is 11.5 Å². The summed E-state index contributed by atoms with van der Waals surface area (Å²) in [5.74, 6) is 1.73. The van der Waals surface area contributed by atoms with E-state index in [1.54, 1.807) is 11.8 Å². The highest BCUT2D eigenvalue weighted by Gasteiger charge is 2.32. The number of rotatable bonds is 3. The molecule has 2 N–H and O–H groups in total. The van der Waals surface area contributed by atoms with Crippen molar-refractivity contribution in [3.8, 4) is 0 Å². The Morgan fingerprint density at radius 3 is 2.69 bits per heavy atom. The molecule has 1 saturated heterocycles. The highest BCUT2D eigenvalue weighted by atomic mass is 32.2. The molecule has 0 amide bonds. The van der Waals surface area contributed by atoms with E-state index in [2.05, 4.69) is 0 Å². The van der Waals surface area contributed by atoms with E-state index in [0.29, 0.717) is 25.1 Å². The van der Waals surface area contributed by atoms with Crippen molar-refractivity contribution < 1.29 is 4.39 Å². The lowest BCUT2D eigenvalue weighted by Gasteiger charge is -2.29. The topological polar surface area (TPSA) is 26.0 Å². The van der Waals surface area contributed by atoms with Crippen LogP contribution in [0.15, 0.2) is 24.3 Å². The summed E-state index contributed by atoms with van der Waals surface area (Å²) in [4.78, 5) is 0. The van der Waals surface area contributed by atoms with Gasteiger partial charge in [0, 0.05) is 18.7 Å². The number of halogens is 1. The van der Waals surface area contributed by atoms with Gasteiger partial charge in [0.2, 0.25) is 0 Å². The maximum atomic E-state index is 14.5. The van der Waals surface area contributed by atoms with Gasteiger partial charge in [-0.2, -0.15) is 11.8 Å².